The molecule has 21 heavy (non-hydrogen) atoms. The summed E-state index contributed by atoms with van der Waals surface area (Å²) in [5.41, 5.74) is 0. The molecule has 0 unspecified atom stereocenters. The minimum absolute atomic E-state index is 0.0865. The number of ether oxygens (including phenoxy) is 1. The first-order valence-corrected chi connectivity index (χ1v) is 7.66. The Labute approximate surface area is 126 Å². The number of nitrogens with zero attached hydrogens (tertiary/aromatic N) is 3. The third-order valence-electron chi connectivity index (χ3n) is 3.48. The third-order valence-corrected chi connectivity index (χ3v) is 4.47. The molecule has 0 aromatic carbocycles. The van der Waals surface area contributed by atoms with Crippen molar-refractivity contribution < 1.29 is 14.1 Å². The molecule has 2 aromatic rings. The van der Waals surface area contributed by atoms with Gasteiger partial charge in [0.25, 0.3) is 5.91 Å². The zero-order chi connectivity index (χ0) is 14.8. The first-order valence-electron chi connectivity index (χ1n) is 6.84. The highest BCUT2D eigenvalue weighted by Gasteiger charge is 2.36. The van der Waals surface area contributed by atoms with Crippen molar-refractivity contribution >= 4 is 17.2 Å². The topological polar surface area (TPSA) is 68.5 Å². The van der Waals surface area contributed by atoms with Gasteiger partial charge < -0.3 is 14.2 Å². The van der Waals surface area contributed by atoms with E-state index in [1.54, 1.807) is 7.11 Å². The number of rotatable bonds is 5. The van der Waals surface area contributed by atoms with Crippen LogP contribution in [-0.2, 0) is 11.2 Å². The van der Waals surface area contributed by atoms with Crippen molar-refractivity contribution in [1.29, 1.82) is 0 Å². The van der Waals surface area contributed by atoms with Gasteiger partial charge in [0.2, 0.25) is 5.89 Å². The molecule has 2 aromatic heterocycles. The lowest BCUT2D eigenvalue weighted by Gasteiger charge is -2.36. The van der Waals surface area contributed by atoms with Crippen molar-refractivity contribution in [2.24, 2.45) is 0 Å². The Hall–Kier alpha value is -1.73. The lowest BCUT2D eigenvalue weighted by Crippen LogP contribution is -2.48. The molecule has 1 saturated heterocycles. The van der Waals surface area contributed by atoms with Crippen molar-refractivity contribution in [3.8, 4) is 0 Å². The molecule has 6 nitrogen and oxygen atoms in total. The summed E-state index contributed by atoms with van der Waals surface area (Å²) in [4.78, 5) is 20.3. The Balaban J connectivity index is 1.55. The van der Waals surface area contributed by atoms with Gasteiger partial charge in [0, 0.05) is 31.5 Å². The van der Waals surface area contributed by atoms with Gasteiger partial charge >= 0.3 is 0 Å². The fourth-order valence-electron chi connectivity index (χ4n) is 2.23. The van der Waals surface area contributed by atoms with Gasteiger partial charge in [0.15, 0.2) is 5.82 Å². The first-order chi connectivity index (χ1) is 10.2. The van der Waals surface area contributed by atoms with Crippen LogP contribution in [0.2, 0.25) is 0 Å². The fraction of sp³-hybridized carbons (Fsp3) is 0.500. The monoisotopic (exact) mass is 307 g/mol. The number of thiophene rings is 1. The van der Waals surface area contributed by atoms with Crippen LogP contribution in [0.3, 0.4) is 0 Å². The largest absolute Gasteiger partial charge is 0.384 e. The van der Waals surface area contributed by atoms with E-state index in [0.29, 0.717) is 37.8 Å². The second kappa shape index (κ2) is 5.95. The van der Waals surface area contributed by atoms with Crippen LogP contribution in [0.4, 0.5) is 0 Å². The number of aryl methyl sites for hydroxylation is 1. The molecule has 7 heteroatoms. The number of hydrogen-bond acceptors (Lipinski definition) is 6. The molecule has 0 spiro atoms. The Bertz CT molecular complexity index is 631. The molecule has 3 rings (SSSR count). The van der Waals surface area contributed by atoms with E-state index in [0.717, 1.165) is 9.75 Å². The summed E-state index contributed by atoms with van der Waals surface area (Å²) >= 11 is 1.53. The summed E-state index contributed by atoms with van der Waals surface area (Å²) in [5.74, 6) is 1.51. The SMILES string of the molecule is COCCc1noc(C2CN(C(=O)c3ccc(C)s3)C2)n1. The number of hydrogen-bond donors (Lipinski definition) is 0. The molecule has 0 saturated carbocycles. The smallest absolute Gasteiger partial charge is 0.263 e. The molecule has 0 N–H and O–H groups in total. The molecular weight excluding hydrogens is 290 g/mol. The van der Waals surface area contributed by atoms with Gasteiger partial charge in [-0.05, 0) is 19.1 Å². The molecule has 0 radical (unpaired) electrons. The van der Waals surface area contributed by atoms with Gasteiger partial charge in [-0.15, -0.1) is 11.3 Å². The second-order valence-corrected chi connectivity index (χ2v) is 6.40. The minimum Gasteiger partial charge on any atom is -0.384 e. The van der Waals surface area contributed by atoms with Gasteiger partial charge in [-0.3, -0.25) is 4.79 Å². The quantitative estimate of drug-likeness (QED) is 0.843. The van der Waals surface area contributed by atoms with Crippen LogP contribution < -0.4 is 0 Å². The van der Waals surface area contributed by atoms with E-state index in [1.165, 1.54) is 11.3 Å². The highest BCUT2D eigenvalue weighted by Crippen LogP contribution is 2.28. The highest BCUT2D eigenvalue weighted by molar-refractivity contribution is 7.13. The maximum absolute atomic E-state index is 12.2. The van der Waals surface area contributed by atoms with Gasteiger partial charge in [-0.2, -0.15) is 4.98 Å². The van der Waals surface area contributed by atoms with Gasteiger partial charge in [-0.25, -0.2) is 0 Å². The standard InChI is InChI=1S/C14H17N3O3S/c1-9-3-4-11(21-9)14(18)17-7-10(8-17)13-15-12(16-20-13)5-6-19-2/h3-4,10H,5-8H2,1-2H3. The average molecular weight is 307 g/mol. The van der Waals surface area contributed by atoms with E-state index in [9.17, 15) is 4.79 Å². The molecule has 1 aliphatic heterocycles. The molecule has 1 aliphatic rings. The number of amides is 1. The molecule has 1 amide bonds. The van der Waals surface area contributed by atoms with Crippen molar-refractivity contribution in [3.05, 3.63) is 33.6 Å². The van der Waals surface area contributed by atoms with E-state index in [1.807, 2.05) is 24.0 Å². The predicted molar refractivity (Wildman–Crippen MR) is 77.6 cm³/mol. The van der Waals surface area contributed by atoms with Crippen LogP contribution in [0.5, 0.6) is 0 Å². The number of likely N-dealkylation sites (tertiary alicyclic amines) is 1. The first kappa shape index (κ1) is 14.2. The minimum atomic E-state index is 0.0865. The lowest BCUT2D eigenvalue weighted by atomic mass is 10.00. The zero-order valence-electron chi connectivity index (χ0n) is 12.0. The van der Waals surface area contributed by atoms with Crippen molar-refractivity contribution in [2.75, 3.05) is 26.8 Å². The molecule has 0 bridgehead atoms. The van der Waals surface area contributed by atoms with Gasteiger partial charge in [0.05, 0.1) is 17.4 Å². The molecule has 0 atom stereocenters. The second-order valence-electron chi connectivity index (χ2n) is 5.11. The number of methoxy groups -OCH3 is 1. The molecule has 0 aliphatic carbocycles. The summed E-state index contributed by atoms with van der Waals surface area (Å²) in [6.45, 7) is 3.86. The molecule has 1 fully saturated rings. The van der Waals surface area contributed by atoms with E-state index in [4.69, 9.17) is 9.26 Å². The Kier molecular flexibility index (Phi) is 4.03. The summed E-state index contributed by atoms with van der Waals surface area (Å²) in [5, 5.41) is 3.92. The Morgan fingerprint density at radius 1 is 1.52 bits per heavy atom. The lowest BCUT2D eigenvalue weighted by molar-refractivity contribution is 0.0574. The van der Waals surface area contributed by atoms with Crippen LogP contribution in [0.15, 0.2) is 16.7 Å². The van der Waals surface area contributed by atoms with Crippen LogP contribution in [0.25, 0.3) is 0 Å². The molecular formula is C14H17N3O3S. The molecule has 3 heterocycles. The Morgan fingerprint density at radius 2 is 2.33 bits per heavy atom. The van der Waals surface area contributed by atoms with Crippen molar-refractivity contribution in [2.45, 2.75) is 19.3 Å². The van der Waals surface area contributed by atoms with E-state index >= 15 is 0 Å². The van der Waals surface area contributed by atoms with E-state index in [2.05, 4.69) is 10.1 Å². The van der Waals surface area contributed by atoms with Crippen LogP contribution in [0, 0.1) is 6.92 Å². The molecule has 112 valence electrons. The summed E-state index contributed by atoms with van der Waals surface area (Å²) in [7, 11) is 1.64. The normalized spacial score (nSPS) is 15.2. The summed E-state index contributed by atoms with van der Waals surface area (Å²) < 4.78 is 10.2. The van der Waals surface area contributed by atoms with Crippen LogP contribution in [0.1, 0.15) is 32.2 Å². The predicted octanol–water partition coefficient (Wildman–Crippen LogP) is 1.87. The van der Waals surface area contributed by atoms with Crippen LogP contribution in [-0.4, -0.2) is 47.8 Å². The van der Waals surface area contributed by atoms with E-state index < -0.39 is 0 Å². The average Bonchev–Trinajstić information content (AvgIpc) is 3.04. The Morgan fingerprint density at radius 3 is 3.00 bits per heavy atom. The number of aromatic nitrogens is 2. The van der Waals surface area contributed by atoms with E-state index in [-0.39, 0.29) is 11.8 Å². The summed E-state index contributed by atoms with van der Waals surface area (Å²) in [6, 6.07) is 3.85. The third kappa shape index (κ3) is 2.98. The number of carbonyl (C=O) groups excluding carboxylic acids is 1. The van der Waals surface area contributed by atoms with Gasteiger partial charge in [0.1, 0.15) is 0 Å². The zero-order valence-corrected chi connectivity index (χ0v) is 12.9. The maximum Gasteiger partial charge on any atom is 0.263 e. The van der Waals surface area contributed by atoms with Crippen molar-refractivity contribution in [3.63, 3.8) is 0 Å². The highest BCUT2D eigenvalue weighted by atomic mass is 32.1. The van der Waals surface area contributed by atoms with Crippen LogP contribution >= 0.6 is 11.3 Å². The maximum atomic E-state index is 12.2. The van der Waals surface area contributed by atoms with Crippen molar-refractivity contribution in [1.82, 2.24) is 15.0 Å². The number of carbonyl (C=O) groups is 1. The van der Waals surface area contributed by atoms with Gasteiger partial charge in [-0.1, -0.05) is 5.16 Å². The fourth-order valence-corrected chi connectivity index (χ4v) is 3.07. The summed E-state index contributed by atoms with van der Waals surface area (Å²) in [6.07, 6.45) is 0.643.